The van der Waals surface area contributed by atoms with Crippen molar-refractivity contribution in [1.82, 2.24) is 15.3 Å². The van der Waals surface area contributed by atoms with Crippen LogP contribution in [0.5, 0.6) is 46.0 Å². The number of allylic oxidation sites excluding steroid dienone is 2. The summed E-state index contributed by atoms with van der Waals surface area (Å²) in [4.78, 5) is 7.70. The number of hydrogen-bond donors (Lipinski definition) is 4. The Labute approximate surface area is 443 Å². The van der Waals surface area contributed by atoms with Gasteiger partial charge in [-0.15, -0.1) is 6.42 Å². The second-order valence-electron chi connectivity index (χ2n) is 16.6. The van der Waals surface area contributed by atoms with Gasteiger partial charge in [-0.05, 0) is 186 Å². The van der Waals surface area contributed by atoms with Gasteiger partial charge in [-0.3, -0.25) is 0 Å². The molecule has 4 N–H and O–H groups in total. The molecule has 0 radical (unpaired) electrons. The van der Waals surface area contributed by atoms with Gasteiger partial charge in [0.15, 0.2) is 23.0 Å². The van der Waals surface area contributed by atoms with Crippen LogP contribution in [0.25, 0.3) is 0 Å². The van der Waals surface area contributed by atoms with Crippen molar-refractivity contribution in [3.63, 3.8) is 0 Å². The fraction of sp³-hybridized carbons (Fsp3) is 0.270. The lowest BCUT2D eigenvalue weighted by molar-refractivity contribution is 0.354. The van der Waals surface area contributed by atoms with Crippen molar-refractivity contribution in [2.24, 2.45) is 0 Å². The number of ether oxygens (including phenoxy) is 5. The van der Waals surface area contributed by atoms with Gasteiger partial charge in [0.1, 0.15) is 23.0 Å². The van der Waals surface area contributed by atoms with Crippen LogP contribution in [-0.4, -0.2) is 60.8 Å². The highest BCUT2D eigenvalue weighted by Crippen LogP contribution is 2.27. The molecule has 7 rings (SSSR count). The number of nitrogens with one attached hydrogen (secondary N) is 1. The third-order valence-corrected chi connectivity index (χ3v) is 10.2. The molecule has 396 valence electrons. The molecule has 0 aliphatic rings. The van der Waals surface area contributed by atoms with E-state index in [0.29, 0.717) is 29.6 Å². The third-order valence-electron chi connectivity index (χ3n) is 10.2. The van der Waals surface area contributed by atoms with Crippen LogP contribution in [0.3, 0.4) is 0 Å². The topological polar surface area (TPSA) is 145 Å². The van der Waals surface area contributed by atoms with Crippen LogP contribution in [-0.2, 0) is 6.54 Å². The van der Waals surface area contributed by atoms with Crippen molar-refractivity contribution in [3.05, 3.63) is 214 Å². The summed E-state index contributed by atoms with van der Waals surface area (Å²) in [6, 6.07) is 34.6. The first-order valence-electron chi connectivity index (χ1n) is 23.3. The molecule has 0 saturated carbocycles. The van der Waals surface area contributed by atoms with Crippen LogP contribution < -0.4 is 29.0 Å². The molecule has 0 saturated heterocycles. The molecule has 7 aromatic rings. The largest absolute Gasteiger partial charge is 0.508 e. The summed E-state index contributed by atoms with van der Waals surface area (Å²) in [5.41, 5.74) is 12.2. The summed E-state index contributed by atoms with van der Waals surface area (Å²) in [7, 11) is 8.20. The first-order chi connectivity index (χ1) is 34.7. The zero-order valence-corrected chi connectivity index (χ0v) is 45.5. The van der Waals surface area contributed by atoms with Gasteiger partial charge in [0.2, 0.25) is 5.82 Å². The Morgan fingerprint density at radius 1 is 0.473 bits per heavy atom. The predicted octanol–water partition coefficient (Wildman–Crippen LogP) is 14.2. The quantitative estimate of drug-likeness (QED) is 0.0810. The summed E-state index contributed by atoms with van der Waals surface area (Å²) in [6.07, 6.45) is 13.7. The SMILES string of the molecule is C.C#Cc1ncc(C)cn1.C=CC=CNCc1cc(C)ccc1O.COc1cc(C)ccc1C.COc1cc(C)ccc1C.COc1cc(C)ccc1O.COc1ccc(C)cc1OC.Cc1ccc(C)c(O)c1. The van der Waals surface area contributed by atoms with Gasteiger partial charge < -0.3 is 44.3 Å². The fourth-order valence-electron chi connectivity index (χ4n) is 5.93. The Kier molecular flexibility index (Phi) is 32.4. The molecule has 1 heterocycles. The van der Waals surface area contributed by atoms with Gasteiger partial charge in [-0.1, -0.05) is 86.3 Å². The second kappa shape index (κ2) is 36.5. The normalized spacial score (nSPS) is 9.38. The minimum atomic E-state index is 0. The standard InChI is InChI=1S/C12H15NO.C9H12O2.2C9H12O.C8H10O2.C8H10O.C7H6N2.CH4/c1-3-4-7-13-9-11-8-10(2)5-6-12(11)14;1-7-4-5-8(10-2)9(6-7)11-3;2*1-7-4-5-8(2)9(6-7)10-3;1-6-3-4-7(9)8(5-6)10-2;1-6-3-4-7(2)8(9)5-6;1-3-7-8-4-6(2)5-9-7;/h3-8,13-14H,1,9H2,2H3;4-6H,1-3H3;2*4-6H,1-3H3;3-5,9H,1-2H3;3-5,9H,1-2H3;1,4-5H,2H3;1H4. The van der Waals surface area contributed by atoms with E-state index in [9.17, 15) is 5.11 Å². The van der Waals surface area contributed by atoms with Crippen LogP contribution in [0.2, 0.25) is 0 Å². The fourth-order valence-corrected chi connectivity index (χ4v) is 5.93. The first kappa shape index (κ1) is 65.6. The van der Waals surface area contributed by atoms with Crippen LogP contribution >= 0.6 is 0 Å². The molecule has 0 bridgehead atoms. The molecule has 0 unspecified atom stereocenters. The van der Waals surface area contributed by atoms with E-state index < -0.39 is 0 Å². The number of aryl methyl sites for hydroxylation is 10. The summed E-state index contributed by atoms with van der Waals surface area (Å²) >= 11 is 0. The van der Waals surface area contributed by atoms with E-state index >= 15 is 0 Å². The Hall–Kier alpha value is -8.36. The second-order valence-corrected chi connectivity index (χ2v) is 16.6. The molecular weight excluding hydrogens is 927 g/mol. The maximum atomic E-state index is 9.51. The van der Waals surface area contributed by atoms with E-state index in [-0.39, 0.29) is 13.2 Å². The van der Waals surface area contributed by atoms with E-state index in [2.05, 4.69) is 65.9 Å². The molecule has 1 aromatic heterocycles. The highest BCUT2D eigenvalue weighted by Gasteiger charge is 2.02. The molecule has 0 spiro atoms. The summed E-state index contributed by atoms with van der Waals surface area (Å²) in [5.74, 6) is 7.71. The van der Waals surface area contributed by atoms with Gasteiger partial charge in [0, 0.05) is 24.5 Å². The molecular formula is C63H81N3O8. The zero-order chi connectivity index (χ0) is 54.9. The lowest BCUT2D eigenvalue weighted by Gasteiger charge is -2.06. The molecule has 6 aromatic carbocycles. The molecule has 0 aliphatic carbocycles. The summed E-state index contributed by atoms with van der Waals surface area (Å²) in [5, 5.41) is 30.8. The van der Waals surface area contributed by atoms with Crippen LogP contribution in [0.4, 0.5) is 0 Å². The van der Waals surface area contributed by atoms with E-state index in [1.54, 1.807) is 77.4 Å². The maximum Gasteiger partial charge on any atom is 0.204 e. The van der Waals surface area contributed by atoms with E-state index in [1.807, 2.05) is 122 Å². The lowest BCUT2D eigenvalue weighted by atomic mass is 10.1. The Morgan fingerprint density at radius 3 is 1.27 bits per heavy atom. The first-order valence-corrected chi connectivity index (χ1v) is 23.3. The van der Waals surface area contributed by atoms with Gasteiger partial charge in [0.25, 0.3) is 0 Å². The Bertz CT molecular complexity index is 2670. The summed E-state index contributed by atoms with van der Waals surface area (Å²) < 4.78 is 25.3. The number of nitrogens with zero attached hydrogens (tertiary/aromatic N) is 2. The number of benzene rings is 6. The average Bonchev–Trinajstić information content (AvgIpc) is 3.38. The molecule has 0 amide bonds. The van der Waals surface area contributed by atoms with Gasteiger partial charge in [-0.25, -0.2) is 9.97 Å². The number of phenols is 3. The van der Waals surface area contributed by atoms with Crippen molar-refractivity contribution < 1.29 is 39.0 Å². The van der Waals surface area contributed by atoms with Crippen LogP contribution in [0.1, 0.15) is 74.4 Å². The third kappa shape index (κ3) is 26.2. The highest BCUT2D eigenvalue weighted by molar-refractivity contribution is 5.43. The van der Waals surface area contributed by atoms with Crippen molar-refractivity contribution in [2.75, 3.05) is 35.5 Å². The van der Waals surface area contributed by atoms with Crippen molar-refractivity contribution in [2.45, 2.75) is 83.2 Å². The van der Waals surface area contributed by atoms with Gasteiger partial charge in [-0.2, -0.15) is 0 Å². The van der Waals surface area contributed by atoms with Crippen molar-refractivity contribution in [1.29, 1.82) is 0 Å². The number of rotatable bonds is 9. The monoisotopic (exact) mass is 1010 g/mol. The molecule has 0 fully saturated rings. The van der Waals surface area contributed by atoms with E-state index in [0.717, 1.165) is 56.4 Å². The molecule has 11 heteroatoms. The maximum absolute atomic E-state index is 9.51. The van der Waals surface area contributed by atoms with E-state index in [1.165, 1.54) is 34.9 Å². The molecule has 0 aliphatic heterocycles. The van der Waals surface area contributed by atoms with Gasteiger partial charge in [0.05, 0.1) is 35.5 Å². The number of aromatic hydroxyl groups is 3. The smallest absolute Gasteiger partial charge is 0.204 e. The van der Waals surface area contributed by atoms with Crippen LogP contribution in [0, 0.1) is 81.6 Å². The van der Waals surface area contributed by atoms with Crippen molar-refractivity contribution in [3.8, 4) is 58.3 Å². The number of aromatic nitrogens is 2. The Morgan fingerprint density at radius 2 is 0.865 bits per heavy atom. The highest BCUT2D eigenvalue weighted by atomic mass is 16.5. The predicted molar refractivity (Wildman–Crippen MR) is 307 cm³/mol. The summed E-state index contributed by atoms with van der Waals surface area (Å²) in [6.45, 7) is 24.1. The lowest BCUT2D eigenvalue weighted by Crippen LogP contribution is -2.04. The molecule has 74 heavy (non-hydrogen) atoms. The van der Waals surface area contributed by atoms with Crippen molar-refractivity contribution >= 4 is 0 Å². The number of phenolic OH excluding ortho intramolecular Hbond substituents is 3. The number of terminal acetylenes is 1. The molecule has 11 nitrogen and oxygen atoms in total. The number of hydrogen-bond acceptors (Lipinski definition) is 11. The van der Waals surface area contributed by atoms with Crippen LogP contribution in [0.15, 0.2) is 147 Å². The molecule has 0 atom stereocenters. The zero-order valence-electron chi connectivity index (χ0n) is 45.5. The average molecular weight is 1010 g/mol. The minimum Gasteiger partial charge on any atom is -0.508 e. The van der Waals surface area contributed by atoms with E-state index in [4.69, 9.17) is 40.3 Å². The number of methoxy groups -OCH3 is 5. The van der Waals surface area contributed by atoms with Gasteiger partial charge >= 0.3 is 0 Å². The Balaban J connectivity index is 0.000000842. The minimum absolute atomic E-state index is 0.